The molecule has 2 aromatic rings. The van der Waals surface area contributed by atoms with Gasteiger partial charge in [0.15, 0.2) is 0 Å². The first-order chi connectivity index (χ1) is 9.24. The zero-order valence-corrected chi connectivity index (χ0v) is 11.6. The Balaban J connectivity index is 2.08. The maximum atomic E-state index is 9.07. The quantitative estimate of drug-likeness (QED) is 0.754. The molecule has 0 aliphatic carbocycles. The molecule has 1 atom stereocenters. The average molecular weight is 278 g/mol. The van der Waals surface area contributed by atoms with E-state index in [2.05, 4.69) is 10.3 Å². The second kappa shape index (κ2) is 6.77. The topological polar surface area (TPSA) is 65.4 Å². The number of aliphatic hydroxyl groups is 2. The minimum absolute atomic E-state index is 0.00626. The normalized spacial score (nSPS) is 12.8. The van der Waals surface area contributed by atoms with Crippen LogP contribution in [0.5, 0.6) is 0 Å². The molecule has 1 aromatic carbocycles. The standard InChI is InChI=1S/C14H18N2O2S/c1-10(15-12(7-17)8-18)14-16-13(9-19-14)11-5-3-2-4-6-11/h2-6,9-10,12,15,17-18H,7-8H2,1H3/t10-/m1/s1. The van der Waals surface area contributed by atoms with Crippen LogP contribution in [0.1, 0.15) is 18.0 Å². The third-order valence-electron chi connectivity index (χ3n) is 2.89. The molecule has 0 spiro atoms. The lowest BCUT2D eigenvalue weighted by atomic mass is 10.2. The van der Waals surface area contributed by atoms with Gasteiger partial charge in [-0.25, -0.2) is 4.98 Å². The Morgan fingerprint density at radius 3 is 2.53 bits per heavy atom. The van der Waals surface area contributed by atoms with E-state index in [1.807, 2.05) is 42.6 Å². The van der Waals surface area contributed by atoms with E-state index in [0.717, 1.165) is 16.3 Å². The summed E-state index contributed by atoms with van der Waals surface area (Å²) in [5.41, 5.74) is 2.05. The number of aliphatic hydroxyl groups excluding tert-OH is 2. The molecule has 0 fully saturated rings. The van der Waals surface area contributed by atoms with Crippen molar-refractivity contribution in [3.8, 4) is 11.3 Å². The fourth-order valence-electron chi connectivity index (χ4n) is 1.82. The molecule has 3 N–H and O–H groups in total. The van der Waals surface area contributed by atoms with Gasteiger partial charge in [0, 0.05) is 10.9 Å². The maximum absolute atomic E-state index is 9.07. The molecule has 102 valence electrons. The zero-order valence-electron chi connectivity index (χ0n) is 10.8. The van der Waals surface area contributed by atoms with E-state index in [4.69, 9.17) is 10.2 Å². The maximum Gasteiger partial charge on any atom is 0.110 e. The fourth-order valence-corrected chi connectivity index (χ4v) is 2.66. The lowest BCUT2D eigenvalue weighted by Crippen LogP contribution is -2.37. The van der Waals surface area contributed by atoms with Crippen molar-refractivity contribution in [3.05, 3.63) is 40.7 Å². The van der Waals surface area contributed by atoms with E-state index in [0.29, 0.717) is 0 Å². The molecule has 4 nitrogen and oxygen atoms in total. The van der Waals surface area contributed by atoms with E-state index in [1.54, 1.807) is 11.3 Å². The van der Waals surface area contributed by atoms with Crippen LogP contribution >= 0.6 is 11.3 Å². The number of nitrogens with zero attached hydrogens (tertiary/aromatic N) is 1. The molecule has 0 bridgehead atoms. The van der Waals surface area contributed by atoms with Gasteiger partial charge >= 0.3 is 0 Å². The summed E-state index contributed by atoms with van der Waals surface area (Å²) < 4.78 is 0. The van der Waals surface area contributed by atoms with Gasteiger partial charge in [0.2, 0.25) is 0 Å². The molecule has 2 rings (SSSR count). The SMILES string of the molecule is C[C@@H](NC(CO)CO)c1nc(-c2ccccc2)cs1. The van der Waals surface area contributed by atoms with Gasteiger partial charge in [-0.05, 0) is 6.92 Å². The van der Waals surface area contributed by atoms with Gasteiger partial charge in [0.25, 0.3) is 0 Å². The molecule has 0 amide bonds. The van der Waals surface area contributed by atoms with Gasteiger partial charge in [-0.2, -0.15) is 0 Å². The Morgan fingerprint density at radius 2 is 1.89 bits per heavy atom. The first kappa shape index (κ1) is 14.1. The third-order valence-corrected chi connectivity index (χ3v) is 3.92. The number of nitrogens with one attached hydrogen (secondary N) is 1. The highest BCUT2D eigenvalue weighted by molar-refractivity contribution is 7.10. The van der Waals surface area contributed by atoms with Crippen LogP contribution in [0, 0.1) is 0 Å². The van der Waals surface area contributed by atoms with Crippen molar-refractivity contribution < 1.29 is 10.2 Å². The van der Waals surface area contributed by atoms with E-state index in [-0.39, 0.29) is 25.3 Å². The molecular formula is C14H18N2O2S. The van der Waals surface area contributed by atoms with Gasteiger partial charge in [0.1, 0.15) is 5.01 Å². The number of rotatable bonds is 6. The lowest BCUT2D eigenvalue weighted by Gasteiger charge is -2.17. The molecule has 0 saturated heterocycles. The molecule has 0 aliphatic heterocycles. The Labute approximate surface area is 116 Å². The number of thiazole rings is 1. The lowest BCUT2D eigenvalue weighted by molar-refractivity contribution is 0.163. The van der Waals surface area contributed by atoms with Crippen LogP contribution in [-0.2, 0) is 0 Å². The van der Waals surface area contributed by atoms with Crippen LogP contribution in [0.3, 0.4) is 0 Å². The van der Waals surface area contributed by atoms with Crippen molar-refractivity contribution in [2.75, 3.05) is 13.2 Å². The van der Waals surface area contributed by atoms with Crippen LogP contribution in [0.4, 0.5) is 0 Å². The first-order valence-corrected chi connectivity index (χ1v) is 7.11. The minimum Gasteiger partial charge on any atom is -0.395 e. The summed E-state index contributed by atoms with van der Waals surface area (Å²) in [5, 5.41) is 24.2. The largest absolute Gasteiger partial charge is 0.395 e. The summed E-state index contributed by atoms with van der Waals surface area (Å²) in [7, 11) is 0. The van der Waals surface area contributed by atoms with Gasteiger partial charge in [-0.3, -0.25) is 0 Å². The van der Waals surface area contributed by atoms with Crippen LogP contribution < -0.4 is 5.32 Å². The Morgan fingerprint density at radius 1 is 1.21 bits per heavy atom. The van der Waals surface area contributed by atoms with Gasteiger partial charge in [0.05, 0.1) is 31.0 Å². The van der Waals surface area contributed by atoms with E-state index in [1.165, 1.54) is 0 Å². The van der Waals surface area contributed by atoms with E-state index >= 15 is 0 Å². The Kier molecular flexibility index (Phi) is 5.04. The molecule has 0 radical (unpaired) electrons. The monoisotopic (exact) mass is 278 g/mol. The van der Waals surface area contributed by atoms with Crippen LogP contribution in [-0.4, -0.2) is 34.5 Å². The van der Waals surface area contributed by atoms with E-state index < -0.39 is 0 Å². The molecule has 1 aromatic heterocycles. The zero-order chi connectivity index (χ0) is 13.7. The van der Waals surface area contributed by atoms with Crippen LogP contribution in [0.15, 0.2) is 35.7 Å². The molecule has 0 saturated carbocycles. The Hall–Kier alpha value is -1.27. The summed E-state index contributed by atoms with van der Waals surface area (Å²) in [4.78, 5) is 4.59. The molecule has 19 heavy (non-hydrogen) atoms. The molecule has 0 unspecified atom stereocenters. The molecule has 0 aliphatic rings. The van der Waals surface area contributed by atoms with E-state index in [9.17, 15) is 0 Å². The van der Waals surface area contributed by atoms with Gasteiger partial charge in [-0.15, -0.1) is 11.3 Å². The minimum atomic E-state index is -0.306. The third kappa shape index (κ3) is 3.61. The second-order valence-corrected chi connectivity index (χ2v) is 5.28. The number of aromatic nitrogens is 1. The molecular weight excluding hydrogens is 260 g/mol. The highest BCUT2D eigenvalue weighted by Crippen LogP contribution is 2.25. The van der Waals surface area contributed by atoms with Gasteiger partial charge < -0.3 is 15.5 Å². The predicted molar refractivity (Wildman–Crippen MR) is 77.1 cm³/mol. The predicted octanol–water partition coefficient (Wildman–Crippen LogP) is 1.81. The van der Waals surface area contributed by atoms with Crippen molar-refractivity contribution in [2.24, 2.45) is 0 Å². The number of hydrogen-bond acceptors (Lipinski definition) is 5. The summed E-state index contributed by atoms with van der Waals surface area (Å²) >= 11 is 1.58. The number of hydrogen-bond donors (Lipinski definition) is 3. The van der Waals surface area contributed by atoms with Crippen molar-refractivity contribution in [1.29, 1.82) is 0 Å². The van der Waals surface area contributed by atoms with Crippen molar-refractivity contribution in [3.63, 3.8) is 0 Å². The van der Waals surface area contributed by atoms with Crippen LogP contribution in [0.2, 0.25) is 0 Å². The number of benzene rings is 1. The Bertz CT molecular complexity index is 497. The molecule has 5 heteroatoms. The van der Waals surface area contributed by atoms with Gasteiger partial charge in [-0.1, -0.05) is 30.3 Å². The summed E-state index contributed by atoms with van der Waals surface area (Å²) in [6.45, 7) is 1.81. The van der Waals surface area contributed by atoms with Crippen LogP contribution in [0.25, 0.3) is 11.3 Å². The smallest absolute Gasteiger partial charge is 0.110 e. The summed E-state index contributed by atoms with van der Waals surface area (Å²) in [5.74, 6) is 0. The van der Waals surface area contributed by atoms with Crippen molar-refractivity contribution in [2.45, 2.75) is 19.0 Å². The highest BCUT2D eigenvalue weighted by Gasteiger charge is 2.15. The second-order valence-electron chi connectivity index (χ2n) is 4.39. The van der Waals surface area contributed by atoms with Crippen molar-refractivity contribution in [1.82, 2.24) is 10.3 Å². The van der Waals surface area contributed by atoms with Crippen molar-refractivity contribution >= 4 is 11.3 Å². The fraction of sp³-hybridized carbons (Fsp3) is 0.357. The first-order valence-electron chi connectivity index (χ1n) is 6.23. The average Bonchev–Trinajstić information content (AvgIpc) is 2.95. The molecule has 1 heterocycles. The summed E-state index contributed by atoms with van der Waals surface area (Å²) in [6.07, 6.45) is 0. The summed E-state index contributed by atoms with van der Waals surface area (Å²) in [6, 6.07) is 9.72. The highest BCUT2D eigenvalue weighted by atomic mass is 32.1.